The van der Waals surface area contributed by atoms with Gasteiger partial charge < -0.3 is 20.3 Å². The van der Waals surface area contributed by atoms with Gasteiger partial charge in [-0.15, -0.1) is 0 Å². The Morgan fingerprint density at radius 2 is 1.93 bits per heavy atom. The van der Waals surface area contributed by atoms with Crippen molar-refractivity contribution in [1.29, 1.82) is 0 Å². The van der Waals surface area contributed by atoms with E-state index in [0.29, 0.717) is 31.9 Å². The number of carbonyl (C=O) groups excluding carboxylic acids is 2. The van der Waals surface area contributed by atoms with Gasteiger partial charge in [-0.2, -0.15) is 0 Å². The summed E-state index contributed by atoms with van der Waals surface area (Å²) < 4.78 is 5.40. The van der Waals surface area contributed by atoms with Crippen LogP contribution < -0.4 is 10.6 Å². The minimum atomic E-state index is -0.519. The fraction of sp³-hybridized carbons (Fsp3) is 0.600. The van der Waals surface area contributed by atoms with E-state index >= 15 is 0 Å². The Kier molecular flexibility index (Phi) is 7.41. The van der Waals surface area contributed by atoms with Crippen molar-refractivity contribution in [2.75, 3.05) is 31.5 Å². The Morgan fingerprint density at radius 3 is 2.48 bits per heavy atom. The fourth-order valence-corrected chi connectivity index (χ4v) is 3.14. The third kappa shape index (κ3) is 6.62. The number of hydrogen-bond acceptors (Lipinski definition) is 6. The molecule has 0 bridgehead atoms. The van der Waals surface area contributed by atoms with Crippen molar-refractivity contribution in [2.45, 2.75) is 46.1 Å². The monoisotopic (exact) mass is 406 g/mol. The van der Waals surface area contributed by atoms with Gasteiger partial charge in [0.15, 0.2) is 0 Å². The molecule has 1 aliphatic heterocycles. The van der Waals surface area contributed by atoms with E-state index in [0.717, 1.165) is 12.8 Å². The summed E-state index contributed by atoms with van der Waals surface area (Å²) in [6, 6.07) is 4.43. The first kappa shape index (κ1) is 22.4. The SMILES string of the molecule is CCNC(=O)c1ccc(NCC2CCN(C(=O)OC(C)(C)C)CC2)c([N+](=O)[O-])c1. The van der Waals surface area contributed by atoms with Crippen molar-refractivity contribution in [2.24, 2.45) is 5.92 Å². The number of anilines is 1. The number of amides is 2. The molecule has 2 amide bonds. The summed E-state index contributed by atoms with van der Waals surface area (Å²) in [6.45, 7) is 9.51. The first-order chi connectivity index (χ1) is 13.6. The fourth-order valence-electron chi connectivity index (χ4n) is 3.14. The Hall–Kier alpha value is -2.84. The average Bonchev–Trinajstić information content (AvgIpc) is 2.65. The summed E-state index contributed by atoms with van der Waals surface area (Å²) in [5, 5.41) is 17.2. The molecule has 0 aliphatic carbocycles. The van der Waals surface area contributed by atoms with Crippen LogP contribution in [0.1, 0.15) is 50.9 Å². The number of rotatable bonds is 6. The Balaban J connectivity index is 1.93. The zero-order valence-corrected chi connectivity index (χ0v) is 17.5. The third-order valence-corrected chi connectivity index (χ3v) is 4.64. The van der Waals surface area contributed by atoms with E-state index < -0.39 is 10.5 Å². The molecular formula is C20H30N4O5. The molecule has 29 heavy (non-hydrogen) atoms. The van der Waals surface area contributed by atoms with Gasteiger partial charge in [0, 0.05) is 37.8 Å². The van der Waals surface area contributed by atoms with Crippen molar-refractivity contribution >= 4 is 23.4 Å². The van der Waals surface area contributed by atoms with Gasteiger partial charge in [-0.05, 0) is 58.6 Å². The molecule has 1 aromatic carbocycles. The maximum atomic E-state index is 12.1. The van der Waals surface area contributed by atoms with E-state index in [2.05, 4.69) is 10.6 Å². The highest BCUT2D eigenvalue weighted by Crippen LogP contribution is 2.27. The van der Waals surface area contributed by atoms with Crippen LogP contribution in [-0.2, 0) is 4.74 Å². The van der Waals surface area contributed by atoms with E-state index in [1.165, 1.54) is 6.07 Å². The quantitative estimate of drug-likeness (QED) is 0.553. The molecule has 0 saturated carbocycles. The lowest BCUT2D eigenvalue weighted by molar-refractivity contribution is -0.384. The number of nitro groups is 1. The summed E-state index contributed by atoms with van der Waals surface area (Å²) >= 11 is 0. The lowest BCUT2D eigenvalue weighted by Gasteiger charge is -2.33. The Labute approximate surface area is 170 Å². The highest BCUT2D eigenvalue weighted by atomic mass is 16.6. The molecule has 1 aromatic rings. The van der Waals surface area contributed by atoms with E-state index in [1.807, 2.05) is 20.8 Å². The zero-order valence-electron chi connectivity index (χ0n) is 17.5. The smallest absolute Gasteiger partial charge is 0.410 e. The molecular weight excluding hydrogens is 376 g/mol. The van der Waals surface area contributed by atoms with Gasteiger partial charge in [0.25, 0.3) is 11.6 Å². The largest absolute Gasteiger partial charge is 0.444 e. The molecule has 9 nitrogen and oxygen atoms in total. The maximum Gasteiger partial charge on any atom is 0.410 e. The Bertz CT molecular complexity index is 752. The number of hydrogen-bond donors (Lipinski definition) is 2. The summed E-state index contributed by atoms with van der Waals surface area (Å²) in [6.07, 6.45) is 1.27. The van der Waals surface area contributed by atoms with Crippen LogP contribution in [0.25, 0.3) is 0 Å². The molecule has 9 heteroatoms. The Morgan fingerprint density at radius 1 is 1.28 bits per heavy atom. The number of benzene rings is 1. The zero-order chi connectivity index (χ0) is 21.6. The number of carbonyl (C=O) groups is 2. The van der Waals surface area contributed by atoms with Crippen molar-refractivity contribution in [3.05, 3.63) is 33.9 Å². The van der Waals surface area contributed by atoms with Gasteiger partial charge in [-0.3, -0.25) is 14.9 Å². The highest BCUT2D eigenvalue weighted by molar-refractivity contribution is 5.95. The number of nitrogens with zero attached hydrogens (tertiary/aromatic N) is 2. The number of nitrogens with one attached hydrogen (secondary N) is 2. The molecule has 0 radical (unpaired) electrons. The number of piperidine rings is 1. The second kappa shape index (κ2) is 9.58. The minimum Gasteiger partial charge on any atom is -0.444 e. The number of nitro benzene ring substituents is 1. The van der Waals surface area contributed by atoms with Crippen LogP contribution in [0, 0.1) is 16.0 Å². The van der Waals surface area contributed by atoms with Crippen LogP contribution in [-0.4, -0.2) is 53.6 Å². The van der Waals surface area contributed by atoms with Crippen molar-refractivity contribution in [1.82, 2.24) is 10.2 Å². The van der Waals surface area contributed by atoms with Gasteiger partial charge in [-0.1, -0.05) is 0 Å². The molecule has 0 spiro atoms. The third-order valence-electron chi connectivity index (χ3n) is 4.64. The van der Waals surface area contributed by atoms with Crippen LogP contribution in [0.3, 0.4) is 0 Å². The average molecular weight is 406 g/mol. The number of ether oxygens (including phenoxy) is 1. The second-order valence-corrected chi connectivity index (χ2v) is 8.14. The van der Waals surface area contributed by atoms with E-state index in [-0.39, 0.29) is 29.2 Å². The summed E-state index contributed by atoms with van der Waals surface area (Å²) in [5.74, 6) is -0.0481. The molecule has 2 rings (SSSR count). The molecule has 0 unspecified atom stereocenters. The van der Waals surface area contributed by atoms with Gasteiger partial charge in [0.2, 0.25) is 0 Å². The van der Waals surface area contributed by atoms with Gasteiger partial charge >= 0.3 is 6.09 Å². The maximum absolute atomic E-state index is 12.1. The molecule has 0 aromatic heterocycles. The molecule has 1 fully saturated rings. The normalized spacial score (nSPS) is 15.0. The lowest BCUT2D eigenvalue weighted by atomic mass is 9.97. The van der Waals surface area contributed by atoms with Gasteiger partial charge in [0.1, 0.15) is 11.3 Å². The van der Waals surface area contributed by atoms with Gasteiger partial charge in [0.05, 0.1) is 4.92 Å². The lowest BCUT2D eigenvalue weighted by Crippen LogP contribution is -2.42. The minimum absolute atomic E-state index is 0.125. The topological polar surface area (TPSA) is 114 Å². The highest BCUT2D eigenvalue weighted by Gasteiger charge is 2.27. The first-order valence-corrected chi connectivity index (χ1v) is 9.89. The molecule has 1 aliphatic rings. The van der Waals surface area contributed by atoms with Crippen LogP contribution in [0.15, 0.2) is 18.2 Å². The second-order valence-electron chi connectivity index (χ2n) is 8.14. The van der Waals surface area contributed by atoms with Crippen molar-refractivity contribution in [3.63, 3.8) is 0 Å². The van der Waals surface area contributed by atoms with Crippen LogP contribution in [0.4, 0.5) is 16.2 Å². The predicted molar refractivity (Wildman–Crippen MR) is 110 cm³/mol. The van der Waals surface area contributed by atoms with Crippen LogP contribution >= 0.6 is 0 Å². The summed E-state index contributed by atoms with van der Waals surface area (Å²) in [7, 11) is 0. The van der Waals surface area contributed by atoms with Gasteiger partial charge in [-0.25, -0.2) is 4.79 Å². The number of likely N-dealkylation sites (tertiary alicyclic amines) is 1. The van der Waals surface area contributed by atoms with Crippen LogP contribution in [0.5, 0.6) is 0 Å². The van der Waals surface area contributed by atoms with E-state index in [4.69, 9.17) is 4.74 Å². The first-order valence-electron chi connectivity index (χ1n) is 9.89. The molecule has 1 heterocycles. The summed E-state index contributed by atoms with van der Waals surface area (Å²) in [4.78, 5) is 36.7. The predicted octanol–water partition coefficient (Wildman–Crippen LogP) is 3.40. The molecule has 160 valence electrons. The van der Waals surface area contributed by atoms with Crippen molar-refractivity contribution in [3.8, 4) is 0 Å². The molecule has 0 atom stereocenters. The standard InChI is InChI=1S/C20H30N4O5/c1-5-21-18(25)15-6-7-16(17(12-15)24(27)28)22-13-14-8-10-23(11-9-14)19(26)29-20(2,3)4/h6-7,12,14,22H,5,8-11,13H2,1-4H3,(H,21,25). The molecule has 1 saturated heterocycles. The van der Waals surface area contributed by atoms with Crippen molar-refractivity contribution < 1.29 is 19.2 Å². The summed E-state index contributed by atoms with van der Waals surface area (Å²) in [5.41, 5.74) is 0.00145. The van der Waals surface area contributed by atoms with Crippen LogP contribution in [0.2, 0.25) is 0 Å². The van der Waals surface area contributed by atoms with E-state index in [1.54, 1.807) is 24.0 Å². The molecule has 2 N–H and O–H groups in total. The van der Waals surface area contributed by atoms with E-state index in [9.17, 15) is 19.7 Å².